The summed E-state index contributed by atoms with van der Waals surface area (Å²) in [6.45, 7) is 1.66. The van der Waals surface area contributed by atoms with Crippen LogP contribution >= 0.6 is 11.6 Å². The maximum absolute atomic E-state index is 11.5. The monoisotopic (exact) mass is 313 g/mol. The van der Waals surface area contributed by atoms with Gasteiger partial charge in [0.05, 0.1) is 14.8 Å². The number of rotatable bonds is 5. The first kappa shape index (κ1) is 9.59. The normalized spacial score (nSPS) is 20.4. The van der Waals surface area contributed by atoms with Crippen LogP contribution in [0.2, 0.25) is 5.02 Å². The highest BCUT2D eigenvalue weighted by atomic mass is 35.5. The topological polar surface area (TPSA) is 50.9 Å². The van der Waals surface area contributed by atoms with Crippen molar-refractivity contribution in [2.45, 2.75) is 45.7 Å². The van der Waals surface area contributed by atoms with E-state index < -0.39 is 36.5 Å². The Morgan fingerprint density at radius 2 is 2.00 bits per heavy atom. The SMILES string of the molecule is [2H]c1nc([2H])n(C([2H])([2H])C(O)(C(C)(C)C)C([2H])([2H])Cc2ccc(Cl)cc2)n1. The molecule has 5 heteroatoms. The molecule has 4 nitrogen and oxygen atoms in total. The van der Waals surface area contributed by atoms with E-state index in [1.165, 1.54) is 20.8 Å². The molecule has 0 aliphatic carbocycles. The molecule has 1 unspecified atom stereocenters. The minimum atomic E-state index is -2.86. The molecular formula is C16H22ClN3O. The van der Waals surface area contributed by atoms with E-state index in [1.54, 1.807) is 24.3 Å². The van der Waals surface area contributed by atoms with E-state index in [-0.39, 0.29) is 6.42 Å². The predicted molar refractivity (Wildman–Crippen MR) is 84.2 cm³/mol. The molecule has 0 saturated heterocycles. The van der Waals surface area contributed by atoms with Crippen LogP contribution in [-0.4, -0.2) is 25.5 Å². The Balaban J connectivity index is 2.61. The van der Waals surface area contributed by atoms with Crippen molar-refractivity contribution >= 4 is 11.6 Å². The van der Waals surface area contributed by atoms with Gasteiger partial charge in [0.2, 0.25) is 0 Å². The molecule has 0 fully saturated rings. The summed E-state index contributed by atoms with van der Waals surface area (Å²) in [7, 11) is 0. The number of aliphatic hydroxyl groups is 1. The highest BCUT2D eigenvalue weighted by molar-refractivity contribution is 6.30. The van der Waals surface area contributed by atoms with Gasteiger partial charge in [-0.25, -0.2) is 4.98 Å². The standard InChI is InChI=1S/C16H22ClN3O/c1-15(2,3)16(21,10-20-12-18-11-19-20)9-8-13-4-6-14(17)7-5-13/h4-7,11-12,21H,8-10H2,1-3H3/i9D2,10D2,11D,12D. The van der Waals surface area contributed by atoms with Gasteiger partial charge < -0.3 is 5.11 Å². The highest BCUT2D eigenvalue weighted by Gasteiger charge is 2.40. The molecule has 1 N–H and O–H groups in total. The first-order valence-corrected chi connectivity index (χ1v) is 6.89. The van der Waals surface area contributed by atoms with Crippen molar-refractivity contribution in [3.63, 3.8) is 0 Å². The zero-order valence-electron chi connectivity index (χ0n) is 18.2. The summed E-state index contributed by atoms with van der Waals surface area (Å²) in [6.07, 6.45) is -4.02. The van der Waals surface area contributed by atoms with Gasteiger partial charge in [0.15, 0.2) is 0 Å². The number of aryl methyl sites for hydroxylation is 1. The van der Waals surface area contributed by atoms with E-state index in [1.807, 2.05) is 0 Å². The summed E-state index contributed by atoms with van der Waals surface area (Å²) in [5, 5.41) is 15.5. The lowest BCUT2D eigenvalue weighted by Gasteiger charge is -2.40. The average Bonchev–Trinajstić information content (AvgIpc) is 2.86. The minimum Gasteiger partial charge on any atom is -0.387 e. The molecule has 0 saturated carbocycles. The van der Waals surface area contributed by atoms with Crippen LogP contribution in [0, 0.1) is 5.41 Å². The second-order valence-electron chi connectivity index (χ2n) is 5.78. The van der Waals surface area contributed by atoms with E-state index >= 15 is 0 Å². The van der Waals surface area contributed by atoms with Gasteiger partial charge >= 0.3 is 0 Å². The van der Waals surface area contributed by atoms with E-state index in [0.717, 1.165) is 0 Å². The lowest BCUT2D eigenvalue weighted by Crippen LogP contribution is -2.47. The van der Waals surface area contributed by atoms with Crippen molar-refractivity contribution < 1.29 is 13.3 Å². The van der Waals surface area contributed by atoms with E-state index in [9.17, 15) is 5.11 Å². The summed E-state index contributed by atoms with van der Waals surface area (Å²) >= 11 is 5.86. The van der Waals surface area contributed by atoms with Crippen molar-refractivity contribution in [1.29, 1.82) is 0 Å². The predicted octanol–water partition coefficient (Wildman–Crippen LogP) is 3.34. The summed E-state index contributed by atoms with van der Waals surface area (Å²) in [5.74, 6) is 0. The van der Waals surface area contributed by atoms with Crippen LogP contribution in [0.3, 0.4) is 0 Å². The van der Waals surface area contributed by atoms with Gasteiger partial charge in [-0.3, -0.25) is 4.68 Å². The lowest BCUT2D eigenvalue weighted by atomic mass is 9.73. The molecule has 2 rings (SSSR count). The Morgan fingerprint density at radius 3 is 2.52 bits per heavy atom. The summed E-state index contributed by atoms with van der Waals surface area (Å²) < 4.78 is 49.8. The number of nitrogens with zero attached hydrogens (tertiary/aromatic N) is 3. The zero-order chi connectivity index (χ0) is 20.8. The molecule has 21 heavy (non-hydrogen) atoms. The first-order valence-electron chi connectivity index (χ1n) is 9.51. The van der Waals surface area contributed by atoms with Crippen molar-refractivity contribution in [2.75, 3.05) is 0 Å². The fraction of sp³-hybridized carbons (Fsp3) is 0.500. The van der Waals surface area contributed by atoms with Crippen LogP contribution in [-0.2, 0) is 12.9 Å². The molecule has 1 aromatic carbocycles. The fourth-order valence-electron chi connectivity index (χ4n) is 1.67. The van der Waals surface area contributed by atoms with Gasteiger partial charge in [-0.2, -0.15) is 5.10 Å². The van der Waals surface area contributed by atoms with Crippen LogP contribution in [0.4, 0.5) is 0 Å². The van der Waals surface area contributed by atoms with Gasteiger partial charge in [-0.1, -0.05) is 44.5 Å². The third kappa shape index (κ3) is 4.05. The number of halogens is 1. The molecule has 0 aliphatic rings. The second-order valence-corrected chi connectivity index (χ2v) is 6.21. The molecule has 1 heterocycles. The van der Waals surface area contributed by atoms with E-state index in [4.69, 9.17) is 19.8 Å². The van der Waals surface area contributed by atoms with Crippen molar-refractivity contribution in [3.05, 3.63) is 47.5 Å². The third-order valence-electron chi connectivity index (χ3n) is 3.15. The lowest BCUT2D eigenvalue weighted by molar-refractivity contribution is -0.0796. The number of aromatic nitrogens is 3. The average molecular weight is 314 g/mol. The molecule has 0 aliphatic heterocycles. The number of benzene rings is 1. The van der Waals surface area contributed by atoms with Crippen molar-refractivity contribution in [2.24, 2.45) is 5.41 Å². The molecule has 0 bridgehead atoms. The second kappa shape index (κ2) is 6.16. The zero-order valence-corrected chi connectivity index (χ0v) is 12.9. The first-order chi connectivity index (χ1) is 12.1. The molecule has 114 valence electrons. The number of hydrogen-bond donors (Lipinski definition) is 1. The van der Waals surface area contributed by atoms with Crippen molar-refractivity contribution in [1.82, 2.24) is 14.8 Å². The summed E-state index contributed by atoms with van der Waals surface area (Å²) in [5.41, 5.74) is -3.40. The Morgan fingerprint density at radius 1 is 1.33 bits per heavy atom. The van der Waals surface area contributed by atoms with Crippen LogP contribution in [0.1, 0.15) is 40.9 Å². The maximum Gasteiger partial charge on any atom is 0.137 e. The largest absolute Gasteiger partial charge is 0.387 e. The maximum atomic E-state index is 11.5. The van der Waals surface area contributed by atoms with Crippen LogP contribution in [0.15, 0.2) is 36.9 Å². The molecule has 0 amide bonds. The molecule has 2 aromatic rings. The highest BCUT2D eigenvalue weighted by Crippen LogP contribution is 2.35. The Hall–Kier alpha value is -1.39. The Labute approximate surface area is 139 Å². The third-order valence-corrected chi connectivity index (χ3v) is 3.41. The molecule has 1 atom stereocenters. The Bertz CT molecular complexity index is 819. The van der Waals surface area contributed by atoms with Crippen LogP contribution in [0.5, 0.6) is 0 Å². The molecular weight excluding hydrogens is 286 g/mol. The van der Waals surface area contributed by atoms with E-state index in [2.05, 4.69) is 10.1 Å². The molecule has 1 aromatic heterocycles. The molecule has 0 radical (unpaired) electrons. The minimum absolute atomic E-state index is 0.298. The summed E-state index contributed by atoms with van der Waals surface area (Å²) in [6, 6.07) is 6.38. The Kier molecular flexibility index (Phi) is 2.81. The van der Waals surface area contributed by atoms with Gasteiger partial charge in [0, 0.05) is 7.76 Å². The quantitative estimate of drug-likeness (QED) is 0.921. The number of hydrogen-bond acceptors (Lipinski definition) is 3. The van der Waals surface area contributed by atoms with E-state index in [0.29, 0.717) is 15.3 Å². The fourth-order valence-corrected chi connectivity index (χ4v) is 1.79. The summed E-state index contributed by atoms with van der Waals surface area (Å²) in [4.78, 5) is 3.45. The van der Waals surface area contributed by atoms with Crippen molar-refractivity contribution in [3.8, 4) is 0 Å². The van der Waals surface area contributed by atoms with Crippen LogP contribution in [0.25, 0.3) is 0 Å². The van der Waals surface area contributed by atoms with Gasteiger partial charge in [-0.05, 0) is 35.9 Å². The molecule has 0 spiro atoms. The van der Waals surface area contributed by atoms with Gasteiger partial charge in [0.1, 0.15) is 15.3 Å². The van der Waals surface area contributed by atoms with Gasteiger partial charge in [0.25, 0.3) is 0 Å². The van der Waals surface area contributed by atoms with Crippen LogP contribution < -0.4 is 0 Å². The smallest absolute Gasteiger partial charge is 0.137 e. The van der Waals surface area contributed by atoms with Gasteiger partial charge in [-0.15, -0.1) is 0 Å².